The maximum atomic E-state index is 13.3. The van der Waals surface area contributed by atoms with Gasteiger partial charge in [0.15, 0.2) is 0 Å². The number of nitrogens with zero attached hydrogens (tertiary/aromatic N) is 3. The molecule has 3 rings (SSSR count). The molecule has 1 aromatic carbocycles. The molecule has 1 aromatic rings. The van der Waals surface area contributed by atoms with Gasteiger partial charge in [-0.2, -0.15) is 0 Å². The van der Waals surface area contributed by atoms with Crippen LogP contribution in [0.4, 0.5) is 16.2 Å². The first-order valence-electron chi connectivity index (χ1n) is 11.6. The van der Waals surface area contributed by atoms with Crippen molar-refractivity contribution in [3.05, 3.63) is 36.4 Å². The molecule has 0 radical (unpaired) electrons. The minimum atomic E-state index is -0.341. The molecule has 4 atom stereocenters. The normalized spacial score (nSPS) is 24.1. The number of fused-ring (bicyclic) bond motifs is 1. The molecule has 0 saturated carbocycles. The van der Waals surface area contributed by atoms with Crippen molar-refractivity contribution in [2.75, 3.05) is 50.1 Å². The smallest absolute Gasteiger partial charge is 0.414 e. The van der Waals surface area contributed by atoms with Gasteiger partial charge in [0.25, 0.3) is 0 Å². The Morgan fingerprint density at radius 1 is 1.28 bits per heavy atom. The van der Waals surface area contributed by atoms with Crippen LogP contribution in [0.2, 0.25) is 0 Å². The predicted molar refractivity (Wildman–Crippen MR) is 129 cm³/mol. The average Bonchev–Trinajstić information content (AvgIpc) is 2.72. The number of likely N-dealkylation sites (N-methyl/N-ethyl adjacent to an activating group) is 1. The summed E-state index contributed by atoms with van der Waals surface area (Å²) in [4.78, 5) is 31.4. The Balaban J connectivity index is 1.95. The molecule has 32 heavy (non-hydrogen) atoms. The molecule has 1 fully saturated rings. The fourth-order valence-corrected chi connectivity index (χ4v) is 4.91. The van der Waals surface area contributed by atoms with Crippen LogP contribution in [-0.4, -0.2) is 69.3 Å². The zero-order chi connectivity index (χ0) is 23.4. The molecule has 1 saturated heterocycles. The van der Waals surface area contributed by atoms with Crippen LogP contribution in [0.3, 0.4) is 0 Å². The lowest BCUT2D eigenvalue weighted by molar-refractivity contribution is -0.117. The van der Waals surface area contributed by atoms with Gasteiger partial charge < -0.3 is 19.9 Å². The third-order valence-electron chi connectivity index (χ3n) is 6.30. The Hall–Kier alpha value is -2.38. The van der Waals surface area contributed by atoms with Crippen molar-refractivity contribution in [3.63, 3.8) is 0 Å². The van der Waals surface area contributed by atoms with Crippen LogP contribution in [0.15, 0.2) is 30.9 Å². The van der Waals surface area contributed by atoms with Crippen LogP contribution < -0.4 is 15.1 Å². The Morgan fingerprint density at radius 3 is 2.66 bits per heavy atom. The van der Waals surface area contributed by atoms with Gasteiger partial charge in [0.05, 0.1) is 17.4 Å². The SMILES string of the molecule is C=CCC(CN(C)C)c1ccc2c(c1)N(C(=O)OC1CNCC(C)C1)CC(C)N2C(C)=O. The number of benzene rings is 1. The summed E-state index contributed by atoms with van der Waals surface area (Å²) in [5.41, 5.74) is 2.63. The fourth-order valence-electron chi connectivity index (χ4n) is 4.91. The Labute approximate surface area is 192 Å². The molecule has 2 heterocycles. The molecule has 1 N–H and O–H groups in total. The van der Waals surface area contributed by atoms with Gasteiger partial charge in [0, 0.05) is 32.5 Å². The van der Waals surface area contributed by atoms with Crippen LogP contribution in [0.25, 0.3) is 0 Å². The lowest BCUT2D eigenvalue weighted by Gasteiger charge is -2.41. The second-order valence-electron chi connectivity index (χ2n) is 9.59. The summed E-state index contributed by atoms with van der Waals surface area (Å²) < 4.78 is 5.91. The van der Waals surface area contributed by atoms with Crippen LogP contribution in [0.5, 0.6) is 0 Å². The molecule has 7 nitrogen and oxygen atoms in total. The quantitative estimate of drug-likeness (QED) is 0.682. The van der Waals surface area contributed by atoms with E-state index in [9.17, 15) is 9.59 Å². The van der Waals surface area contributed by atoms with E-state index in [1.54, 1.807) is 16.7 Å². The summed E-state index contributed by atoms with van der Waals surface area (Å²) in [7, 11) is 4.10. The number of carbonyl (C=O) groups is 2. The molecule has 4 unspecified atom stereocenters. The molecule has 0 aliphatic carbocycles. The van der Waals surface area contributed by atoms with Crippen molar-refractivity contribution in [3.8, 4) is 0 Å². The van der Waals surface area contributed by atoms with Gasteiger partial charge in [-0.25, -0.2) is 4.79 Å². The Kier molecular flexibility index (Phi) is 7.96. The van der Waals surface area contributed by atoms with Gasteiger partial charge in [0.2, 0.25) is 5.91 Å². The average molecular weight is 443 g/mol. The van der Waals surface area contributed by atoms with E-state index in [2.05, 4.69) is 49.9 Å². The topological polar surface area (TPSA) is 65.1 Å². The van der Waals surface area contributed by atoms with Gasteiger partial charge in [-0.3, -0.25) is 9.69 Å². The number of carbonyl (C=O) groups excluding carboxylic acids is 2. The molecule has 2 amide bonds. The number of piperidine rings is 1. The second kappa shape index (κ2) is 10.5. The molecule has 2 aliphatic heterocycles. The largest absolute Gasteiger partial charge is 0.444 e. The van der Waals surface area contributed by atoms with Crippen LogP contribution in [-0.2, 0) is 9.53 Å². The van der Waals surface area contributed by atoms with Crippen molar-refractivity contribution >= 4 is 23.4 Å². The Bertz CT molecular complexity index is 840. The summed E-state index contributed by atoms with van der Waals surface area (Å²) in [5.74, 6) is 0.694. The maximum absolute atomic E-state index is 13.3. The number of hydrogen-bond donors (Lipinski definition) is 1. The van der Waals surface area contributed by atoms with E-state index in [0.717, 1.165) is 42.9 Å². The van der Waals surface area contributed by atoms with Gasteiger partial charge >= 0.3 is 6.09 Å². The summed E-state index contributed by atoms with van der Waals surface area (Å²) in [6.45, 7) is 12.5. The van der Waals surface area contributed by atoms with Gasteiger partial charge in [0.1, 0.15) is 6.10 Å². The zero-order valence-electron chi connectivity index (χ0n) is 20.1. The first kappa shape index (κ1) is 24.3. The molecule has 0 bridgehead atoms. The van der Waals surface area contributed by atoms with E-state index in [1.165, 1.54) is 0 Å². The van der Waals surface area contributed by atoms with Gasteiger partial charge in [-0.15, -0.1) is 6.58 Å². The number of hydrogen-bond acceptors (Lipinski definition) is 5. The third-order valence-corrected chi connectivity index (χ3v) is 6.30. The first-order chi connectivity index (χ1) is 15.2. The number of rotatable bonds is 6. The van der Waals surface area contributed by atoms with E-state index in [-0.39, 0.29) is 30.1 Å². The number of ether oxygens (including phenoxy) is 1. The molecule has 2 aliphatic rings. The third kappa shape index (κ3) is 5.51. The summed E-state index contributed by atoms with van der Waals surface area (Å²) in [6.07, 6.45) is 3.15. The van der Waals surface area contributed by atoms with Crippen molar-refractivity contribution in [2.24, 2.45) is 5.92 Å². The molecule has 176 valence electrons. The highest BCUT2D eigenvalue weighted by atomic mass is 16.6. The van der Waals surface area contributed by atoms with E-state index >= 15 is 0 Å². The molecule has 0 aromatic heterocycles. The predicted octanol–water partition coefficient (Wildman–Crippen LogP) is 3.60. The minimum absolute atomic E-state index is 0.0271. The number of anilines is 2. The van der Waals surface area contributed by atoms with Crippen LogP contribution in [0.1, 0.15) is 45.1 Å². The summed E-state index contributed by atoms with van der Waals surface area (Å²) >= 11 is 0. The number of nitrogens with one attached hydrogen (secondary N) is 1. The van der Waals surface area contributed by atoms with Gasteiger partial charge in [-0.05, 0) is 64.0 Å². The van der Waals surface area contributed by atoms with E-state index in [4.69, 9.17) is 4.74 Å². The molecular weight excluding hydrogens is 404 g/mol. The van der Waals surface area contributed by atoms with Crippen molar-refractivity contribution in [1.29, 1.82) is 0 Å². The number of allylic oxidation sites excluding steroid dienone is 1. The highest BCUT2D eigenvalue weighted by molar-refractivity contribution is 6.02. The molecule has 0 spiro atoms. The summed E-state index contributed by atoms with van der Waals surface area (Å²) in [5, 5.41) is 3.34. The molecule has 7 heteroatoms. The maximum Gasteiger partial charge on any atom is 0.414 e. The van der Waals surface area contributed by atoms with E-state index < -0.39 is 0 Å². The fraction of sp³-hybridized carbons (Fsp3) is 0.600. The van der Waals surface area contributed by atoms with E-state index in [0.29, 0.717) is 19.0 Å². The van der Waals surface area contributed by atoms with Crippen molar-refractivity contribution in [2.45, 2.75) is 51.7 Å². The first-order valence-corrected chi connectivity index (χ1v) is 11.6. The molecular formula is C25H38N4O3. The highest BCUT2D eigenvalue weighted by Gasteiger charge is 2.36. The van der Waals surface area contributed by atoms with E-state index in [1.807, 2.05) is 19.1 Å². The zero-order valence-corrected chi connectivity index (χ0v) is 20.1. The second-order valence-corrected chi connectivity index (χ2v) is 9.59. The monoisotopic (exact) mass is 442 g/mol. The van der Waals surface area contributed by atoms with Crippen LogP contribution in [0, 0.1) is 5.92 Å². The van der Waals surface area contributed by atoms with Crippen molar-refractivity contribution in [1.82, 2.24) is 10.2 Å². The number of amides is 2. The lowest BCUT2D eigenvalue weighted by atomic mass is 9.93. The van der Waals surface area contributed by atoms with Gasteiger partial charge in [-0.1, -0.05) is 19.1 Å². The minimum Gasteiger partial charge on any atom is -0.444 e. The van der Waals surface area contributed by atoms with Crippen molar-refractivity contribution < 1.29 is 14.3 Å². The standard InChI is InChI=1S/C25H38N4O3/c1-7-8-21(16-27(5)6)20-9-10-23-24(12-20)28(15-18(3)29(23)19(4)30)25(31)32-22-11-17(2)13-26-14-22/h7,9-10,12,17-18,21-22,26H,1,8,11,13-16H2,2-6H3. The lowest BCUT2D eigenvalue weighted by Crippen LogP contribution is -2.52. The van der Waals surface area contributed by atoms with Crippen LogP contribution >= 0.6 is 0 Å². The highest BCUT2D eigenvalue weighted by Crippen LogP contribution is 2.39. The summed E-state index contributed by atoms with van der Waals surface area (Å²) in [6, 6.07) is 5.96. The Morgan fingerprint density at radius 2 is 2.03 bits per heavy atom.